The number of carbonyl (C=O) groups is 1. The van der Waals surface area contributed by atoms with Gasteiger partial charge in [-0.2, -0.15) is 0 Å². The van der Waals surface area contributed by atoms with E-state index in [0.29, 0.717) is 5.56 Å². The first-order valence-corrected chi connectivity index (χ1v) is 6.73. The Morgan fingerprint density at radius 3 is 1.60 bits per heavy atom. The van der Waals surface area contributed by atoms with Crippen LogP contribution in [0.1, 0.15) is 59.6 Å². The molecule has 1 aromatic carbocycles. The van der Waals surface area contributed by atoms with Gasteiger partial charge in [-0.25, -0.2) is 0 Å². The molecule has 0 saturated carbocycles. The number of hydrogen-bond acceptors (Lipinski definition) is 3. The Labute approximate surface area is 172 Å². The molecule has 0 aliphatic rings. The summed E-state index contributed by atoms with van der Waals surface area (Å²) in [4.78, 5) is 10.4. The van der Waals surface area contributed by atoms with E-state index in [9.17, 15) is 9.90 Å². The van der Waals surface area contributed by atoms with Crippen molar-refractivity contribution in [2.24, 2.45) is 0 Å². The molecule has 0 unspecified atom stereocenters. The number of carboxylic acid groups (broad SMARTS) is 1. The standard InChI is InChI=1S/C12H15NO2.2C2H6.Rb/c1-12(2,3)9-6-4-8(5-7-9)10(13)11(14)15;2*1-2;/h4-7,13H,1-3H3,(H,14,15);2*1-2H3;/q;;;+1/p-1. The average molecular weight is 350 g/mol. The first kappa shape index (κ1) is 25.1. The summed E-state index contributed by atoms with van der Waals surface area (Å²) in [6, 6.07) is 6.96. The number of carboxylic acids is 1. The Bertz CT molecular complexity index is 392. The molecule has 4 heteroatoms. The minimum absolute atomic E-state index is 0. The van der Waals surface area contributed by atoms with Gasteiger partial charge in [0.2, 0.25) is 0 Å². The summed E-state index contributed by atoms with van der Waals surface area (Å²) in [5.74, 6) is -1.45. The number of aliphatic carboxylic acids is 1. The van der Waals surface area contributed by atoms with Crippen molar-refractivity contribution >= 4 is 11.7 Å². The van der Waals surface area contributed by atoms with Crippen molar-refractivity contribution in [2.45, 2.75) is 53.9 Å². The predicted molar refractivity (Wildman–Crippen MR) is 79.7 cm³/mol. The fourth-order valence-electron chi connectivity index (χ4n) is 1.25. The van der Waals surface area contributed by atoms with Crippen LogP contribution < -0.4 is 63.3 Å². The fraction of sp³-hybridized carbons (Fsp3) is 0.500. The summed E-state index contributed by atoms with van der Waals surface area (Å²) >= 11 is 0. The van der Waals surface area contributed by atoms with Gasteiger partial charge < -0.3 is 9.90 Å². The Hall–Kier alpha value is 0.165. The normalized spacial score (nSPS) is 8.95. The monoisotopic (exact) mass is 349 g/mol. The van der Waals surface area contributed by atoms with E-state index in [0.717, 1.165) is 5.56 Å². The molecule has 20 heavy (non-hydrogen) atoms. The van der Waals surface area contributed by atoms with Crippen LogP contribution in [-0.4, -0.2) is 11.7 Å². The van der Waals surface area contributed by atoms with Gasteiger partial charge in [0.25, 0.3) is 0 Å². The van der Waals surface area contributed by atoms with Crippen molar-refractivity contribution in [1.82, 2.24) is 0 Å². The second kappa shape index (κ2) is 12.9. The van der Waals surface area contributed by atoms with E-state index in [1.165, 1.54) is 0 Å². The van der Waals surface area contributed by atoms with E-state index >= 15 is 0 Å². The van der Waals surface area contributed by atoms with Gasteiger partial charge in [0, 0.05) is 5.56 Å². The van der Waals surface area contributed by atoms with Gasteiger partial charge in [0.1, 0.15) is 0 Å². The number of nitrogens with one attached hydrogen (secondary N) is 1. The third kappa shape index (κ3) is 9.17. The van der Waals surface area contributed by atoms with E-state index in [1.54, 1.807) is 12.1 Å². The van der Waals surface area contributed by atoms with Crippen molar-refractivity contribution in [2.75, 3.05) is 0 Å². The largest absolute Gasteiger partial charge is 1.00 e. The maximum Gasteiger partial charge on any atom is 1.00 e. The summed E-state index contributed by atoms with van der Waals surface area (Å²) in [6.45, 7) is 14.2. The zero-order valence-corrected chi connectivity index (χ0v) is 19.0. The van der Waals surface area contributed by atoms with Crippen LogP contribution in [0.3, 0.4) is 0 Å². The van der Waals surface area contributed by atoms with E-state index in [1.807, 2.05) is 39.8 Å². The summed E-state index contributed by atoms with van der Waals surface area (Å²) in [7, 11) is 0. The third-order valence-corrected chi connectivity index (χ3v) is 2.24. The van der Waals surface area contributed by atoms with Crippen molar-refractivity contribution in [3.8, 4) is 0 Å². The van der Waals surface area contributed by atoms with Crippen LogP contribution in [0.4, 0.5) is 0 Å². The maximum atomic E-state index is 10.4. The zero-order chi connectivity index (χ0) is 15.6. The Morgan fingerprint density at radius 2 is 1.35 bits per heavy atom. The van der Waals surface area contributed by atoms with Crippen LogP contribution in [0.15, 0.2) is 24.3 Å². The molecule has 0 fully saturated rings. The molecule has 0 atom stereocenters. The van der Waals surface area contributed by atoms with E-state index < -0.39 is 11.7 Å². The van der Waals surface area contributed by atoms with Gasteiger partial charge in [-0.1, -0.05) is 72.7 Å². The molecule has 0 bridgehead atoms. The number of carbonyl (C=O) groups excluding carboxylic acids is 1. The summed E-state index contributed by atoms with van der Waals surface area (Å²) in [6.07, 6.45) is 0. The van der Waals surface area contributed by atoms with Gasteiger partial charge >= 0.3 is 58.2 Å². The second-order valence-electron chi connectivity index (χ2n) is 4.49. The van der Waals surface area contributed by atoms with Crippen molar-refractivity contribution in [3.63, 3.8) is 0 Å². The van der Waals surface area contributed by atoms with E-state index in [2.05, 4.69) is 20.8 Å². The summed E-state index contributed by atoms with van der Waals surface area (Å²) in [5.41, 5.74) is 1.04. The molecule has 108 valence electrons. The quantitative estimate of drug-likeness (QED) is 0.773. The number of rotatable bonds is 2. The summed E-state index contributed by atoms with van der Waals surface area (Å²) < 4.78 is 0. The molecule has 0 aliphatic heterocycles. The van der Waals surface area contributed by atoms with Gasteiger partial charge in [0.15, 0.2) is 0 Å². The molecule has 0 aliphatic carbocycles. The molecular formula is C16H26NO2Rb. The molecule has 0 spiro atoms. The van der Waals surface area contributed by atoms with Gasteiger partial charge in [-0.15, -0.1) is 0 Å². The number of hydrogen-bond donors (Lipinski definition) is 1. The molecule has 0 aromatic heterocycles. The first-order chi connectivity index (χ1) is 8.82. The molecule has 1 N–H and O–H groups in total. The molecule has 0 saturated heterocycles. The van der Waals surface area contributed by atoms with Gasteiger partial charge in [-0.05, 0) is 11.0 Å². The molecular weight excluding hydrogens is 324 g/mol. The molecule has 1 rings (SSSR count). The van der Waals surface area contributed by atoms with E-state index in [-0.39, 0.29) is 63.6 Å². The smallest absolute Gasteiger partial charge is 0.543 e. The SMILES string of the molecule is CC.CC.CC(C)(C)c1ccc(C(=N)C(=O)[O-])cc1.[Rb+]. The topological polar surface area (TPSA) is 64.0 Å². The Kier molecular flexibility index (Phi) is 16.2. The van der Waals surface area contributed by atoms with Crippen LogP contribution >= 0.6 is 0 Å². The van der Waals surface area contributed by atoms with Crippen molar-refractivity contribution < 1.29 is 68.1 Å². The Morgan fingerprint density at radius 1 is 1.00 bits per heavy atom. The van der Waals surface area contributed by atoms with Gasteiger partial charge in [-0.3, -0.25) is 5.41 Å². The van der Waals surface area contributed by atoms with Crippen LogP contribution in [0.2, 0.25) is 0 Å². The molecule has 0 amide bonds. The predicted octanol–water partition coefficient (Wildman–Crippen LogP) is 0.158. The van der Waals surface area contributed by atoms with Crippen LogP contribution in [0.25, 0.3) is 0 Å². The molecule has 1 aromatic rings. The van der Waals surface area contributed by atoms with Crippen LogP contribution in [0.5, 0.6) is 0 Å². The fourth-order valence-corrected chi connectivity index (χ4v) is 1.25. The van der Waals surface area contributed by atoms with Crippen LogP contribution in [0, 0.1) is 5.41 Å². The Balaban J connectivity index is -0.000000529. The van der Waals surface area contributed by atoms with Crippen molar-refractivity contribution in [1.29, 1.82) is 5.41 Å². The first-order valence-electron chi connectivity index (χ1n) is 6.73. The van der Waals surface area contributed by atoms with Gasteiger partial charge in [0.05, 0.1) is 11.7 Å². The number of benzene rings is 1. The average Bonchev–Trinajstić information content (AvgIpc) is 2.41. The van der Waals surface area contributed by atoms with Crippen molar-refractivity contribution in [3.05, 3.63) is 35.4 Å². The summed E-state index contributed by atoms with van der Waals surface area (Å²) in [5, 5.41) is 17.7. The third-order valence-electron chi connectivity index (χ3n) is 2.24. The van der Waals surface area contributed by atoms with E-state index in [4.69, 9.17) is 5.41 Å². The van der Waals surface area contributed by atoms with Crippen LogP contribution in [-0.2, 0) is 10.2 Å². The minimum atomic E-state index is -1.45. The molecule has 0 radical (unpaired) electrons. The molecule has 0 heterocycles. The molecule has 3 nitrogen and oxygen atoms in total. The second-order valence-corrected chi connectivity index (χ2v) is 4.49. The maximum absolute atomic E-state index is 10.4. The zero-order valence-electron chi connectivity index (χ0n) is 14.1. The minimum Gasteiger partial charge on any atom is -0.543 e.